The van der Waals surface area contributed by atoms with Crippen molar-refractivity contribution >= 4 is 10.0 Å². The molecule has 112 valence electrons. The third-order valence-corrected chi connectivity index (χ3v) is 6.09. The fourth-order valence-electron chi connectivity index (χ4n) is 2.82. The fraction of sp³-hybridized carbons (Fsp3) is 0.600. The van der Waals surface area contributed by atoms with Gasteiger partial charge in [0.05, 0.1) is 11.5 Å². The van der Waals surface area contributed by atoms with Gasteiger partial charge in [-0.25, -0.2) is 8.42 Å². The monoisotopic (exact) mass is 297 g/mol. The summed E-state index contributed by atoms with van der Waals surface area (Å²) in [5.74, 6) is 0. The van der Waals surface area contributed by atoms with Crippen molar-refractivity contribution in [1.82, 2.24) is 4.31 Å². The second-order valence-electron chi connectivity index (χ2n) is 5.40. The van der Waals surface area contributed by atoms with Crippen LogP contribution in [0.15, 0.2) is 23.1 Å². The van der Waals surface area contributed by atoms with Gasteiger partial charge in [0.1, 0.15) is 0 Å². The van der Waals surface area contributed by atoms with Crippen molar-refractivity contribution in [3.05, 3.63) is 29.3 Å². The second-order valence-corrected chi connectivity index (χ2v) is 7.29. The Balaban J connectivity index is 2.38. The zero-order valence-corrected chi connectivity index (χ0v) is 13.0. The number of hydrogen-bond donors (Lipinski definition) is 1. The van der Waals surface area contributed by atoms with E-state index in [1.54, 1.807) is 16.4 Å². The van der Waals surface area contributed by atoms with Crippen molar-refractivity contribution < 1.29 is 13.5 Å². The van der Waals surface area contributed by atoms with E-state index in [2.05, 4.69) is 0 Å². The Morgan fingerprint density at radius 1 is 1.30 bits per heavy atom. The molecule has 1 atom stereocenters. The molecule has 0 aromatic heterocycles. The van der Waals surface area contributed by atoms with Crippen molar-refractivity contribution in [2.24, 2.45) is 0 Å². The van der Waals surface area contributed by atoms with Crippen LogP contribution in [0.4, 0.5) is 0 Å². The first-order valence-electron chi connectivity index (χ1n) is 7.25. The predicted molar refractivity (Wildman–Crippen MR) is 78.9 cm³/mol. The Labute approximate surface area is 121 Å². The predicted octanol–water partition coefficient (Wildman–Crippen LogP) is 2.30. The molecule has 1 aliphatic heterocycles. The van der Waals surface area contributed by atoms with Gasteiger partial charge < -0.3 is 5.11 Å². The largest absolute Gasteiger partial charge is 0.392 e. The van der Waals surface area contributed by atoms with Crippen molar-refractivity contribution in [3.63, 3.8) is 0 Å². The van der Waals surface area contributed by atoms with E-state index in [9.17, 15) is 13.5 Å². The van der Waals surface area contributed by atoms with E-state index in [1.165, 1.54) is 0 Å². The number of sulfonamides is 1. The molecule has 20 heavy (non-hydrogen) atoms. The summed E-state index contributed by atoms with van der Waals surface area (Å²) in [4.78, 5) is 0.299. The van der Waals surface area contributed by atoms with E-state index in [-0.39, 0.29) is 12.6 Å². The van der Waals surface area contributed by atoms with Crippen LogP contribution in [0.25, 0.3) is 0 Å². The lowest BCUT2D eigenvalue weighted by molar-refractivity contribution is 0.268. The van der Waals surface area contributed by atoms with Gasteiger partial charge >= 0.3 is 0 Å². The quantitative estimate of drug-likeness (QED) is 0.928. The number of rotatable bonds is 4. The second kappa shape index (κ2) is 6.24. The minimum absolute atomic E-state index is 0.0529. The first-order chi connectivity index (χ1) is 9.50. The third-order valence-electron chi connectivity index (χ3n) is 4.08. The van der Waals surface area contributed by atoms with Gasteiger partial charge in [-0.3, -0.25) is 0 Å². The molecule has 0 bridgehead atoms. The molecule has 0 spiro atoms. The summed E-state index contributed by atoms with van der Waals surface area (Å²) in [5, 5.41) is 9.39. The minimum atomic E-state index is -3.45. The van der Waals surface area contributed by atoms with Crippen molar-refractivity contribution in [1.29, 1.82) is 0 Å². The van der Waals surface area contributed by atoms with Crippen molar-refractivity contribution in [3.8, 4) is 0 Å². The Kier molecular flexibility index (Phi) is 4.83. The maximum atomic E-state index is 12.7. The topological polar surface area (TPSA) is 57.6 Å². The maximum Gasteiger partial charge on any atom is 0.243 e. The number of nitrogens with zero attached hydrogens (tertiary/aromatic N) is 1. The van der Waals surface area contributed by atoms with Crippen LogP contribution in [0.2, 0.25) is 0 Å². The number of aryl methyl sites for hydroxylation is 1. The molecule has 0 saturated carbocycles. The summed E-state index contributed by atoms with van der Waals surface area (Å²) < 4.78 is 27.0. The maximum absolute atomic E-state index is 12.7. The van der Waals surface area contributed by atoms with E-state index in [1.807, 2.05) is 19.9 Å². The zero-order chi connectivity index (χ0) is 14.8. The fourth-order valence-corrected chi connectivity index (χ4v) is 4.57. The molecule has 1 heterocycles. The number of piperidine rings is 1. The molecule has 0 radical (unpaired) electrons. The van der Waals surface area contributed by atoms with Gasteiger partial charge in [-0.15, -0.1) is 0 Å². The van der Waals surface area contributed by atoms with Crippen LogP contribution in [0.5, 0.6) is 0 Å². The number of aliphatic hydroxyl groups excluding tert-OH is 1. The summed E-state index contributed by atoms with van der Waals surface area (Å²) in [6.45, 7) is 4.43. The smallest absolute Gasteiger partial charge is 0.243 e. The molecule has 0 aliphatic carbocycles. The molecular weight excluding hydrogens is 274 g/mol. The molecule has 1 aromatic rings. The first kappa shape index (κ1) is 15.5. The Bertz CT molecular complexity index is 568. The molecule has 1 unspecified atom stereocenters. The highest BCUT2D eigenvalue weighted by molar-refractivity contribution is 7.89. The SMILES string of the molecule is CCc1ccc(S(=O)(=O)N2CCCCC2C)cc1CO. The average Bonchev–Trinajstić information content (AvgIpc) is 2.46. The van der Waals surface area contributed by atoms with E-state index >= 15 is 0 Å². The van der Waals surface area contributed by atoms with Gasteiger partial charge in [-0.05, 0) is 49.4 Å². The van der Waals surface area contributed by atoms with Crippen LogP contribution in [0.1, 0.15) is 44.2 Å². The lowest BCUT2D eigenvalue weighted by atomic mass is 10.1. The van der Waals surface area contributed by atoms with Gasteiger partial charge in [0.25, 0.3) is 0 Å². The molecule has 1 N–H and O–H groups in total. The molecule has 0 amide bonds. The van der Waals surface area contributed by atoms with Gasteiger partial charge in [0.2, 0.25) is 10.0 Å². The van der Waals surface area contributed by atoms with Gasteiger partial charge in [0, 0.05) is 12.6 Å². The summed E-state index contributed by atoms with van der Waals surface area (Å²) in [6.07, 6.45) is 3.71. The van der Waals surface area contributed by atoms with Crippen molar-refractivity contribution in [2.45, 2.75) is 57.1 Å². The molecule has 5 heteroatoms. The third kappa shape index (κ3) is 2.90. The summed E-state index contributed by atoms with van der Waals surface area (Å²) in [6, 6.07) is 5.15. The molecule has 1 aliphatic rings. The van der Waals surface area contributed by atoms with Crippen LogP contribution < -0.4 is 0 Å². The standard InChI is InChI=1S/C15H23NO3S/c1-3-13-7-8-15(10-14(13)11-17)20(18,19)16-9-5-4-6-12(16)2/h7-8,10,12,17H,3-6,9,11H2,1-2H3. The lowest BCUT2D eigenvalue weighted by Crippen LogP contribution is -2.41. The number of benzene rings is 1. The molecule has 1 fully saturated rings. The zero-order valence-electron chi connectivity index (χ0n) is 12.2. The molecule has 1 saturated heterocycles. The normalized spacial score (nSPS) is 21.1. The summed E-state index contributed by atoms with van der Waals surface area (Å²) >= 11 is 0. The molecule has 2 rings (SSSR count). The number of aliphatic hydroxyl groups is 1. The van der Waals surface area contributed by atoms with Crippen LogP contribution in [-0.2, 0) is 23.1 Å². The molecule has 4 nitrogen and oxygen atoms in total. The van der Waals surface area contributed by atoms with E-state index in [0.717, 1.165) is 31.2 Å². The Hall–Kier alpha value is -0.910. The van der Waals surface area contributed by atoms with Crippen LogP contribution >= 0.6 is 0 Å². The van der Waals surface area contributed by atoms with Gasteiger partial charge in [-0.2, -0.15) is 4.31 Å². The van der Waals surface area contributed by atoms with E-state index in [0.29, 0.717) is 17.0 Å². The van der Waals surface area contributed by atoms with E-state index < -0.39 is 10.0 Å². The highest BCUT2D eigenvalue weighted by Gasteiger charge is 2.31. The minimum Gasteiger partial charge on any atom is -0.392 e. The van der Waals surface area contributed by atoms with Crippen LogP contribution in [-0.4, -0.2) is 30.4 Å². The number of hydrogen-bond acceptors (Lipinski definition) is 3. The Morgan fingerprint density at radius 2 is 2.05 bits per heavy atom. The highest BCUT2D eigenvalue weighted by atomic mass is 32.2. The first-order valence-corrected chi connectivity index (χ1v) is 8.69. The Morgan fingerprint density at radius 3 is 2.65 bits per heavy atom. The summed E-state index contributed by atoms with van der Waals surface area (Å²) in [5.41, 5.74) is 1.70. The van der Waals surface area contributed by atoms with Crippen molar-refractivity contribution in [2.75, 3.05) is 6.54 Å². The van der Waals surface area contributed by atoms with E-state index in [4.69, 9.17) is 0 Å². The summed E-state index contributed by atoms with van der Waals surface area (Å²) in [7, 11) is -3.45. The van der Waals surface area contributed by atoms with Crippen LogP contribution in [0.3, 0.4) is 0 Å². The van der Waals surface area contributed by atoms with Gasteiger partial charge in [0.15, 0.2) is 0 Å². The van der Waals surface area contributed by atoms with Gasteiger partial charge in [-0.1, -0.05) is 19.4 Å². The van der Waals surface area contributed by atoms with Crippen LogP contribution in [0, 0.1) is 0 Å². The molecular formula is C15H23NO3S. The average molecular weight is 297 g/mol. The highest BCUT2D eigenvalue weighted by Crippen LogP contribution is 2.26. The lowest BCUT2D eigenvalue weighted by Gasteiger charge is -2.32. The molecule has 1 aromatic carbocycles.